The van der Waals surface area contributed by atoms with E-state index in [0.717, 1.165) is 6.42 Å². The van der Waals surface area contributed by atoms with Gasteiger partial charge in [0.05, 0.1) is 13.2 Å². The maximum atomic E-state index is 12.5. The molecular weight excluding hydrogens is 450 g/mol. The van der Waals surface area contributed by atoms with Crippen molar-refractivity contribution in [3.8, 4) is 5.75 Å². The van der Waals surface area contributed by atoms with Crippen molar-refractivity contribution in [2.24, 2.45) is 0 Å². The lowest BCUT2D eigenvalue weighted by atomic mass is 10.2. The predicted molar refractivity (Wildman–Crippen MR) is 136 cm³/mol. The molecule has 0 aliphatic rings. The fraction of sp³-hybridized carbons (Fsp3) is 0.192. The highest BCUT2D eigenvalue weighted by Gasteiger charge is 2.09. The molecule has 0 fully saturated rings. The standard InChI is InChI=1S/C26H27N3O4S/c1-32-18-16-27-24(30)20-7-11-22(12-8-20)28-26(34)29-25(31)21-9-13-23(14-10-21)33-17-15-19-5-3-2-4-6-19/h2-14H,15-18H2,1H3,(H,27,30)(H2,28,29,31,34). The number of thiocarbonyl (C=S) groups is 1. The lowest BCUT2D eigenvalue weighted by Gasteiger charge is -2.11. The summed E-state index contributed by atoms with van der Waals surface area (Å²) in [5.41, 5.74) is 2.84. The molecule has 2 amide bonds. The summed E-state index contributed by atoms with van der Waals surface area (Å²) in [7, 11) is 1.58. The van der Waals surface area contributed by atoms with Crippen LogP contribution in [-0.4, -0.2) is 43.8 Å². The quantitative estimate of drug-likeness (QED) is 0.304. The zero-order valence-electron chi connectivity index (χ0n) is 18.9. The number of nitrogens with one attached hydrogen (secondary N) is 3. The van der Waals surface area contributed by atoms with Crippen LogP contribution in [0, 0.1) is 0 Å². The SMILES string of the molecule is COCCNC(=O)c1ccc(NC(=S)NC(=O)c2ccc(OCCc3ccccc3)cc2)cc1. The molecule has 34 heavy (non-hydrogen) atoms. The van der Waals surface area contributed by atoms with E-state index >= 15 is 0 Å². The zero-order valence-corrected chi connectivity index (χ0v) is 19.7. The van der Waals surface area contributed by atoms with Crippen molar-refractivity contribution < 1.29 is 19.1 Å². The Morgan fingerprint density at radius 1 is 0.824 bits per heavy atom. The summed E-state index contributed by atoms with van der Waals surface area (Å²) in [4.78, 5) is 24.5. The van der Waals surface area contributed by atoms with Crippen molar-refractivity contribution >= 4 is 34.8 Å². The number of rotatable bonds is 10. The highest BCUT2D eigenvalue weighted by atomic mass is 32.1. The molecule has 0 aliphatic heterocycles. The van der Waals surface area contributed by atoms with Crippen LogP contribution in [0.15, 0.2) is 78.9 Å². The van der Waals surface area contributed by atoms with Gasteiger partial charge in [-0.2, -0.15) is 0 Å². The molecule has 8 heteroatoms. The molecule has 0 spiro atoms. The molecule has 0 radical (unpaired) electrons. The largest absolute Gasteiger partial charge is 0.493 e. The highest BCUT2D eigenvalue weighted by molar-refractivity contribution is 7.80. The molecule has 0 unspecified atom stereocenters. The molecule has 0 aliphatic carbocycles. The van der Waals surface area contributed by atoms with Crippen LogP contribution in [0.2, 0.25) is 0 Å². The lowest BCUT2D eigenvalue weighted by Crippen LogP contribution is -2.34. The number of carbonyl (C=O) groups is 2. The molecule has 0 saturated carbocycles. The Kier molecular flexibility index (Phi) is 9.57. The van der Waals surface area contributed by atoms with Crippen LogP contribution in [0.3, 0.4) is 0 Å². The van der Waals surface area contributed by atoms with Crippen LogP contribution in [-0.2, 0) is 11.2 Å². The Labute approximate surface area is 204 Å². The topological polar surface area (TPSA) is 88.7 Å². The minimum absolute atomic E-state index is 0.158. The third-order valence-electron chi connectivity index (χ3n) is 4.84. The Hall–Kier alpha value is -3.75. The minimum atomic E-state index is -0.331. The minimum Gasteiger partial charge on any atom is -0.493 e. The van der Waals surface area contributed by atoms with Crippen molar-refractivity contribution in [2.75, 3.05) is 32.2 Å². The van der Waals surface area contributed by atoms with Crippen molar-refractivity contribution in [3.05, 3.63) is 95.6 Å². The molecular formula is C26H27N3O4S. The van der Waals surface area contributed by atoms with Crippen molar-refractivity contribution in [1.29, 1.82) is 0 Å². The van der Waals surface area contributed by atoms with E-state index in [4.69, 9.17) is 21.7 Å². The molecule has 3 aromatic carbocycles. The Morgan fingerprint density at radius 3 is 2.15 bits per heavy atom. The van der Waals surface area contributed by atoms with Gasteiger partial charge in [0.2, 0.25) is 0 Å². The van der Waals surface area contributed by atoms with Gasteiger partial charge >= 0.3 is 0 Å². The van der Waals surface area contributed by atoms with Crippen molar-refractivity contribution in [1.82, 2.24) is 10.6 Å². The third kappa shape index (κ3) is 7.99. The summed E-state index contributed by atoms with van der Waals surface area (Å²) in [6.45, 7) is 1.44. The van der Waals surface area contributed by atoms with Gasteiger partial charge in [0.25, 0.3) is 11.8 Å². The van der Waals surface area contributed by atoms with E-state index < -0.39 is 0 Å². The average molecular weight is 478 g/mol. The second-order valence-electron chi connectivity index (χ2n) is 7.34. The number of hydrogen-bond acceptors (Lipinski definition) is 5. The maximum absolute atomic E-state index is 12.5. The van der Waals surface area contributed by atoms with E-state index in [9.17, 15) is 9.59 Å². The number of methoxy groups -OCH3 is 1. The molecule has 3 N–H and O–H groups in total. The highest BCUT2D eigenvalue weighted by Crippen LogP contribution is 2.14. The Bertz CT molecular complexity index is 1090. The first-order valence-electron chi connectivity index (χ1n) is 10.8. The van der Waals surface area contributed by atoms with E-state index in [1.54, 1.807) is 55.6 Å². The van der Waals surface area contributed by atoms with E-state index in [-0.39, 0.29) is 16.9 Å². The average Bonchev–Trinajstić information content (AvgIpc) is 2.85. The molecule has 7 nitrogen and oxygen atoms in total. The summed E-state index contributed by atoms with van der Waals surface area (Å²) in [6, 6.07) is 23.8. The van der Waals surface area contributed by atoms with Crippen LogP contribution >= 0.6 is 12.2 Å². The van der Waals surface area contributed by atoms with Crippen molar-refractivity contribution in [2.45, 2.75) is 6.42 Å². The summed E-state index contributed by atoms with van der Waals surface area (Å²) in [5, 5.41) is 8.50. The van der Waals surface area contributed by atoms with E-state index in [2.05, 4.69) is 28.1 Å². The van der Waals surface area contributed by atoms with Crippen LogP contribution in [0.25, 0.3) is 0 Å². The van der Waals surface area contributed by atoms with Crippen LogP contribution in [0.5, 0.6) is 5.75 Å². The fourth-order valence-electron chi connectivity index (χ4n) is 3.05. The number of amides is 2. The number of ether oxygens (including phenoxy) is 2. The van der Waals surface area contributed by atoms with E-state index in [0.29, 0.717) is 42.3 Å². The summed E-state index contributed by atoms with van der Waals surface area (Å²) in [5.74, 6) is 0.175. The lowest BCUT2D eigenvalue weighted by molar-refractivity contribution is 0.0935. The van der Waals surface area contributed by atoms with Gasteiger partial charge in [-0.15, -0.1) is 0 Å². The molecule has 176 valence electrons. The van der Waals surface area contributed by atoms with Gasteiger partial charge in [0.15, 0.2) is 5.11 Å². The number of benzene rings is 3. The normalized spacial score (nSPS) is 10.3. The molecule has 0 bridgehead atoms. The molecule has 0 saturated heterocycles. The fourth-order valence-corrected chi connectivity index (χ4v) is 3.26. The van der Waals surface area contributed by atoms with Gasteiger partial charge in [0.1, 0.15) is 5.75 Å². The van der Waals surface area contributed by atoms with Crippen LogP contribution < -0.4 is 20.7 Å². The van der Waals surface area contributed by atoms with Gasteiger partial charge < -0.3 is 20.1 Å². The smallest absolute Gasteiger partial charge is 0.257 e. The summed E-state index contributed by atoms with van der Waals surface area (Å²) in [6.07, 6.45) is 0.808. The van der Waals surface area contributed by atoms with Gasteiger partial charge in [-0.25, -0.2) is 0 Å². The van der Waals surface area contributed by atoms with Crippen LogP contribution in [0.1, 0.15) is 26.3 Å². The van der Waals surface area contributed by atoms with Gasteiger partial charge in [-0.1, -0.05) is 30.3 Å². The first-order valence-corrected chi connectivity index (χ1v) is 11.2. The summed E-state index contributed by atoms with van der Waals surface area (Å²) >= 11 is 5.24. The molecule has 0 atom stereocenters. The number of hydrogen-bond donors (Lipinski definition) is 3. The monoisotopic (exact) mass is 477 g/mol. The predicted octanol–water partition coefficient (Wildman–Crippen LogP) is 3.81. The van der Waals surface area contributed by atoms with Crippen LogP contribution in [0.4, 0.5) is 5.69 Å². The second kappa shape index (κ2) is 13.1. The number of anilines is 1. The van der Waals surface area contributed by atoms with Gasteiger partial charge in [0, 0.05) is 36.9 Å². The second-order valence-corrected chi connectivity index (χ2v) is 7.75. The molecule has 3 rings (SSSR count). The molecule has 3 aromatic rings. The molecule has 0 aromatic heterocycles. The zero-order chi connectivity index (χ0) is 24.2. The molecule has 0 heterocycles. The van der Waals surface area contributed by atoms with Gasteiger partial charge in [-0.3, -0.25) is 14.9 Å². The first kappa shape index (κ1) is 24.9. The van der Waals surface area contributed by atoms with Gasteiger partial charge in [-0.05, 0) is 66.3 Å². The third-order valence-corrected chi connectivity index (χ3v) is 5.05. The van der Waals surface area contributed by atoms with Crippen molar-refractivity contribution in [3.63, 3.8) is 0 Å². The Balaban J connectivity index is 1.44. The first-order chi connectivity index (χ1) is 16.5. The summed E-state index contributed by atoms with van der Waals surface area (Å²) < 4.78 is 10.7. The maximum Gasteiger partial charge on any atom is 0.257 e. The van der Waals surface area contributed by atoms with E-state index in [1.807, 2.05) is 18.2 Å². The Morgan fingerprint density at radius 2 is 1.47 bits per heavy atom. The number of carbonyl (C=O) groups excluding carboxylic acids is 2. The van der Waals surface area contributed by atoms with E-state index in [1.165, 1.54) is 5.56 Å².